The van der Waals surface area contributed by atoms with Crippen molar-refractivity contribution in [3.8, 4) is 0 Å². The van der Waals surface area contributed by atoms with Crippen molar-refractivity contribution in [3.63, 3.8) is 0 Å². The lowest BCUT2D eigenvalue weighted by Gasteiger charge is -2.18. The molecule has 0 saturated heterocycles. The van der Waals surface area contributed by atoms with Gasteiger partial charge in [-0.15, -0.1) is 0 Å². The van der Waals surface area contributed by atoms with Crippen LogP contribution in [0, 0.1) is 0 Å². The molecule has 0 bridgehead atoms. The van der Waals surface area contributed by atoms with E-state index in [0.29, 0.717) is 20.1 Å². The topological polar surface area (TPSA) is 179 Å². The summed E-state index contributed by atoms with van der Waals surface area (Å²) in [6, 6.07) is 7.47. The molecule has 0 spiro atoms. The molecule has 0 aliphatic carbocycles. The Morgan fingerprint density at radius 3 is 2.28 bits per heavy atom. The minimum absolute atomic E-state index is 0.0907. The van der Waals surface area contributed by atoms with Crippen molar-refractivity contribution >= 4 is 23.7 Å². The molecule has 0 aliphatic rings. The van der Waals surface area contributed by atoms with Crippen LogP contribution in [0.15, 0.2) is 51.3 Å². The molecule has 1 atom stereocenters. The number of carbonyl (C=O) groups excluding carboxylic acids is 1. The Labute approximate surface area is 204 Å². The molecule has 13 nitrogen and oxygen atoms in total. The summed E-state index contributed by atoms with van der Waals surface area (Å²) >= 11 is 0. The third kappa shape index (κ3) is 7.29. The molecule has 0 radical (unpaired) electrons. The van der Waals surface area contributed by atoms with Crippen molar-refractivity contribution in [1.82, 2.24) is 19.0 Å². The predicted molar refractivity (Wildman–Crippen MR) is 128 cm³/mol. The Kier molecular flexibility index (Phi) is 9.95. The number of unbranched alkanes of at least 4 members (excludes halogenated alkanes) is 1. The second kappa shape index (κ2) is 12.9. The van der Waals surface area contributed by atoms with Gasteiger partial charge in [-0.25, -0.2) is 37.7 Å². The summed E-state index contributed by atoms with van der Waals surface area (Å²) in [7, 11) is 1.07. The van der Waals surface area contributed by atoms with Gasteiger partial charge in [-0.3, -0.25) is 4.79 Å². The van der Waals surface area contributed by atoms with E-state index in [9.17, 15) is 33.9 Å². The fourth-order valence-corrected chi connectivity index (χ4v) is 3.36. The minimum atomic E-state index is -1.60. The molecular weight excluding hydrogens is 476 g/mol. The first-order chi connectivity index (χ1) is 17.0. The summed E-state index contributed by atoms with van der Waals surface area (Å²) in [6.45, 7) is 3.80. The number of rotatable bonds is 13. The average molecular weight is 504 g/mol. The van der Waals surface area contributed by atoms with Crippen LogP contribution in [0.25, 0.3) is 5.70 Å². The molecule has 1 amide bonds. The molecule has 2 rings (SSSR count). The van der Waals surface area contributed by atoms with Crippen LogP contribution < -0.4 is 22.4 Å². The van der Waals surface area contributed by atoms with Gasteiger partial charge in [0.2, 0.25) is 0 Å². The van der Waals surface area contributed by atoms with E-state index in [4.69, 9.17) is 9.84 Å². The molecule has 1 heterocycles. The number of aromatic nitrogens is 3. The summed E-state index contributed by atoms with van der Waals surface area (Å²) in [5.74, 6) is -2.65. The lowest BCUT2D eigenvalue weighted by molar-refractivity contribution is -0.141. The van der Waals surface area contributed by atoms with Crippen molar-refractivity contribution in [2.24, 2.45) is 7.05 Å². The van der Waals surface area contributed by atoms with Gasteiger partial charge in [-0.2, -0.15) is 0 Å². The number of nitrogens with zero attached hydrogens (tertiary/aromatic N) is 3. The molecule has 0 aliphatic heterocycles. The molecule has 2 aromatic rings. The molecule has 0 unspecified atom stereocenters. The average Bonchev–Trinajstić information content (AvgIpc) is 2.84. The van der Waals surface area contributed by atoms with Gasteiger partial charge in [-0.05, 0) is 31.2 Å². The summed E-state index contributed by atoms with van der Waals surface area (Å²) in [6.07, 6.45) is -0.936. The maximum Gasteiger partial charge on any atom is 0.407 e. The number of amides is 1. The number of hydrogen-bond acceptors (Lipinski definition) is 7. The Hall–Kier alpha value is -4.42. The SMILES string of the molecule is C=C(CCC(=O)O)n1c(=O)n(C)c(=O)n([C@@H](CCCCNC(=O)OCc2ccccc2)C(=O)O)c1=O. The Balaban J connectivity index is 2.06. The standard InChI is InChI=1S/C23H28N4O9/c1-15(11-12-18(28)29)26-21(33)25(2)22(34)27(23(26)35)17(19(30)31)10-6-7-13-24-20(32)36-14-16-8-4-3-5-9-16/h3-5,8-9,17H,1,6-7,10-14H2,2H3,(H,24,32)(H,28,29)(H,30,31)/t17-/m0/s1. The van der Waals surface area contributed by atoms with Gasteiger partial charge in [0.15, 0.2) is 0 Å². The molecule has 1 aromatic heterocycles. The van der Waals surface area contributed by atoms with Crippen LogP contribution in [-0.4, -0.2) is 48.5 Å². The first-order valence-corrected chi connectivity index (χ1v) is 11.1. The quantitative estimate of drug-likeness (QED) is 0.332. The van der Waals surface area contributed by atoms with Crippen molar-refractivity contribution in [1.29, 1.82) is 0 Å². The second-order valence-electron chi connectivity index (χ2n) is 7.91. The van der Waals surface area contributed by atoms with E-state index >= 15 is 0 Å². The van der Waals surface area contributed by atoms with Crippen molar-refractivity contribution in [2.75, 3.05) is 6.54 Å². The number of alkyl carbamates (subject to hydrolysis) is 1. The van der Waals surface area contributed by atoms with Crippen molar-refractivity contribution < 1.29 is 29.3 Å². The predicted octanol–water partition coefficient (Wildman–Crippen LogP) is 0.767. The number of ether oxygens (including phenoxy) is 1. The number of aliphatic carboxylic acids is 2. The molecule has 0 saturated carbocycles. The lowest BCUT2D eigenvalue weighted by atomic mass is 10.1. The van der Waals surface area contributed by atoms with Crippen LogP contribution in [-0.2, 0) is 28.0 Å². The van der Waals surface area contributed by atoms with E-state index in [0.717, 1.165) is 12.6 Å². The van der Waals surface area contributed by atoms with E-state index in [2.05, 4.69) is 11.9 Å². The minimum Gasteiger partial charge on any atom is -0.481 e. The largest absolute Gasteiger partial charge is 0.481 e. The van der Waals surface area contributed by atoms with Crippen LogP contribution in [0.5, 0.6) is 0 Å². The smallest absolute Gasteiger partial charge is 0.407 e. The maximum atomic E-state index is 12.9. The van der Waals surface area contributed by atoms with E-state index in [1.807, 2.05) is 18.2 Å². The molecular formula is C23H28N4O9. The summed E-state index contributed by atoms with van der Waals surface area (Å²) in [4.78, 5) is 72.5. The van der Waals surface area contributed by atoms with Gasteiger partial charge in [-0.1, -0.05) is 36.9 Å². The number of carboxylic acid groups (broad SMARTS) is 2. The first kappa shape index (κ1) is 27.8. The van der Waals surface area contributed by atoms with E-state index in [1.54, 1.807) is 12.1 Å². The number of allylic oxidation sites excluding steroid dienone is 1. The monoisotopic (exact) mass is 504 g/mol. The normalized spacial score (nSPS) is 11.5. The van der Waals surface area contributed by atoms with Crippen molar-refractivity contribution in [3.05, 3.63) is 73.9 Å². The number of hydrogen-bond donors (Lipinski definition) is 3. The molecule has 13 heteroatoms. The van der Waals surface area contributed by atoms with Crippen LogP contribution in [0.2, 0.25) is 0 Å². The molecule has 1 aromatic carbocycles. The van der Waals surface area contributed by atoms with Crippen molar-refractivity contribution in [2.45, 2.75) is 44.8 Å². The fourth-order valence-electron chi connectivity index (χ4n) is 3.36. The zero-order chi connectivity index (χ0) is 26.8. The van der Waals surface area contributed by atoms with Gasteiger partial charge in [0.1, 0.15) is 12.6 Å². The lowest BCUT2D eigenvalue weighted by Crippen LogP contribution is -2.55. The highest BCUT2D eigenvalue weighted by Gasteiger charge is 2.27. The molecule has 194 valence electrons. The third-order valence-electron chi connectivity index (χ3n) is 5.30. The fraction of sp³-hybridized carbons (Fsp3) is 0.391. The van der Waals surface area contributed by atoms with Gasteiger partial charge in [0, 0.05) is 19.3 Å². The van der Waals surface area contributed by atoms with Crippen LogP contribution in [0.3, 0.4) is 0 Å². The summed E-state index contributed by atoms with van der Waals surface area (Å²) in [5, 5.41) is 21.1. The first-order valence-electron chi connectivity index (χ1n) is 11.1. The Morgan fingerprint density at radius 1 is 1.00 bits per heavy atom. The van der Waals surface area contributed by atoms with Crippen LogP contribution in [0.4, 0.5) is 4.79 Å². The third-order valence-corrected chi connectivity index (χ3v) is 5.30. The molecule has 36 heavy (non-hydrogen) atoms. The van der Waals surface area contributed by atoms with Gasteiger partial charge >= 0.3 is 35.1 Å². The van der Waals surface area contributed by atoms with Crippen LogP contribution in [0.1, 0.15) is 43.7 Å². The second-order valence-corrected chi connectivity index (χ2v) is 7.91. The van der Waals surface area contributed by atoms with E-state index in [1.165, 1.54) is 0 Å². The highest BCUT2D eigenvalue weighted by molar-refractivity contribution is 5.72. The van der Waals surface area contributed by atoms with Gasteiger partial charge < -0.3 is 20.3 Å². The van der Waals surface area contributed by atoms with E-state index in [-0.39, 0.29) is 38.1 Å². The zero-order valence-electron chi connectivity index (χ0n) is 19.7. The highest BCUT2D eigenvalue weighted by atomic mass is 16.5. The van der Waals surface area contributed by atoms with Gasteiger partial charge in [0.25, 0.3) is 0 Å². The maximum absolute atomic E-state index is 12.9. The molecule has 3 N–H and O–H groups in total. The molecule has 0 fully saturated rings. The Bertz CT molecular complexity index is 1290. The number of carbonyl (C=O) groups is 3. The van der Waals surface area contributed by atoms with E-state index < -0.39 is 47.6 Å². The van der Waals surface area contributed by atoms with Crippen LogP contribution >= 0.6 is 0 Å². The number of carboxylic acids is 2. The van der Waals surface area contributed by atoms with Gasteiger partial charge in [0.05, 0.1) is 6.42 Å². The Morgan fingerprint density at radius 2 is 1.67 bits per heavy atom. The number of nitrogens with one attached hydrogen (secondary N) is 1. The number of benzene rings is 1. The zero-order valence-corrected chi connectivity index (χ0v) is 19.7. The summed E-state index contributed by atoms with van der Waals surface area (Å²) in [5.41, 5.74) is -2.76. The summed E-state index contributed by atoms with van der Waals surface area (Å²) < 4.78 is 6.59. The highest BCUT2D eigenvalue weighted by Crippen LogP contribution is 2.13.